The van der Waals surface area contributed by atoms with E-state index < -0.39 is 0 Å². The van der Waals surface area contributed by atoms with Crippen molar-refractivity contribution in [3.05, 3.63) is 42.9 Å². The van der Waals surface area contributed by atoms with Crippen molar-refractivity contribution in [1.82, 2.24) is 25.1 Å². The molecule has 1 aliphatic heterocycles. The first-order chi connectivity index (χ1) is 12.8. The predicted octanol–water partition coefficient (Wildman–Crippen LogP) is 2.20. The molecule has 0 aliphatic carbocycles. The molecule has 0 radical (unpaired) electrons. The van der Waals surface area contributed by atoms with Gasteiger partial charge in [0.25, 0.3) is 0 Å². The van der Waals surface area contributed by atoms with E-state index in [1.165, 1.54) is 18.1 Å². The summed E-state index contributed by atoms with van der Waals surface area (Å²) in [6.07, 6.45) is 5.49. The van der Waals surface area contributed by atoms with Gasteiger partial charge in [-0.25, -0.2) is 14.6 Å². The number of hydrogen-bond donors (Lipinski definition) is 1. The third-order valence-corrected chi connectivity index (χ3v) is 5.23. The van der Waals surface area contributed by atoms with Crippen LogP contribution in [0, 0.1) is 0 Å². The lowest BCUT2D eigenvalue weighted by atomic mass is 10.2. The highest BCUT2D eigenvalue weighted by atomic mass is 32.2. The van der Waals surface area contributed by atoms with Gasteiger partial charge in [0.2, 0.25) is 5.91 Å². The van der Waals surface area contributed by atoms with Crippen LogP contribution < -0.4 is 5.32 Å². The summed E-state index contributed by atoms with van der Waals surface area (Å²) in [5.74, 6) is 0.280. The molecule has 0 unspecified atom stereocenters. The van der Waals surface area contributed by atoms with Gasteiger partial charge in [0.1, 0.15) is 11.4 Å². The fourth-order valence-electron chi connectivity index (χ4n) is 2.91. The van der Waals surface area contributed by atoms with Crippen molar-refractivity contribution in [1.29, 1.82) is 0 Å². The fraction of sp³-hybridized carbons (Fsp3) is 0.333. The second kappa shape index (κ2) is 7.84. The summed E-state index contributed by atoms with van der Waals surface area (Å²) in [5, 5.41) is 8.95. The number of fused-ring (bicyclic) bond motifs is 1. The summed E-state index contributed by atoms with van der Waals surface area (Å²) in [4.78, 5) is 20.8. The summed E-state index contributed by atoms with van der Waals surface area (Å²) >= 11 is 1.39. The number of rotatable bonds is 6. The van der Waals surface area contributed by atoms with Crippen molar-refractivity contribution in [3.8, 4) is 5.69 Å². The molecule has 2 aromatic heterocycles. The normalized spacial score (nSPS) is 16.8. The predicted molar refractivity (Wildman–Crippen MR) is 99.4 cm³/mol. The van der Waals surface area contributed by atoms with Crippen LogP contribution in [0.1, 0.15) is 12.8 Å². The molecular weight excluding hydrogens is 350 g/mol. The van der Waals surface area contributed by atoms with Gasteiger partial charge in [0.15, 0.2) is 5.65 Å². The highest BCUT2D eigenvalue weighted by Gasteiger charge is 2.17. The Morgan fingerprint density at radius 3 is 3.00 bits per heavy atom. The van der Waals surface area contributed by atoms with E-state index in [0.717, 1.165) is 41.2 Å². The molecule has 26 heavy (non-hydrogen) atoms. The lowest BCUT2D eigenvalue weighted by Crippen LogP contribution is -2.32. The summed E-state index contributed by atoms with van der Waals surface area (Å²) in [6.45, 7) is 1.37. The maximum absolute atomic E-state index is 12.1. The molecule has 1 amide bonds. The van der Waals surface area contributed by atoms with Crippen molar-refractivity contribution >= 4 is 28.7 Å². The molecule has 1 atom stereocenters. The van der Waals surface area contributed by atoms with Crippen LogP contribution in [0.5, 0.6) is 0 Å². The lowest BCUT2D eigenvalue weighted by molar-refractivity contribution is -0.119. The highest BCUT2D eigenvalue weighted by Crippen LogP contribution is 2.25. The third-order valence-electron chi connectivity index (χ3n) is 4.22. The number of carbonyl (C=O) groups excluding carboxylic acids is 1. The smallest absolute Gasteiger partial charge is 0.230 e. The number of thioether (sulfide) groups is 1. The molecule has 134 valence electrons. The van der Waals surface area contributed by atoms with E-state index in [1.54, 1.807) is 10.9 Å². The van der Waals surface area contributed by atoms with E-state index in [2.05, 4.69) is 20.4 Å². The number of amides is 1. The number of carbonyl (C=O) groups is 1. The quantitative estimate of drug-likeness (QED) is 0.530. The van der Waals surface area contributed by atoms with Crippen molar-refractivity contribution in [2.75, 3.05) is 18.9 Å². The Morgan fingerprint density at radius 1 is 1.31 bits per heavy atom. The number of nitrogens with one attached hydrogen (secondary N) is 1. The van der Waals surface area contributed by atoms with Gasteiger partial charge in [-0.3, -0.25) is 4.79 Å². The van der Waals surface area contributed by atoms with Crippen molar-refractivity contribution in [2.24, 2.45) is 0 Å². The molecule has 8 heteroatoms. The lowest BCUT2D eigenvalue weighted by Gasteiger charge is -2.10. The zero-order valence-corrected chi connectivity index (χ0v) is 15.0. The molecule has 0 spiro atoms. The van der Waals surface area contributed by atoms with Crippen LogP contribution in [0.3, 0.4) is 0 Å². The van der Waals surface area contributed by atoms with Gasteiger partial charge in [0, 0.05) is 13.2 Å². The molecule has 7 nitrogen and oxygen atoms in total. The minimum absolute atomic E-state index is 0.0206. The average Bonchev–Trinajstić information content (AvgIpc) is 3.35. The molecule has 4 rings (SSSR count). The van der Waals surface area contributed by atoms with E-state index in [-0.39, 0.29) is 12.0 Å². The van der Waals surface area contributed by atoms with Crippen LogP contribution in [-0.2, 0) is 9.53 Å². The Kier molecular flexibility index (Phi) is 5.12. The maximum atomic E-state index is 12.1. The van der Waals surface area contributed by atoms with Crippen molar-refractivity contribution < 1.29 is 9.53 Å². The minimum Gasteiger partial charge on any atom is -0.376 e. The largest absolute Gasteiger partial charge is 0.376 e. The number of benzene rings is 1. The second-order valence-electron chi connectivity index (χ2n) is 6.04. The first kappa shape index (κ1) is 17.0. The van der Waals surface area contributed by atoms with Crippen LogP contribution in [0.25, 0.3) is 16.7 Å². The zero-order chi connectivity index (χ0) is 17.8. The average molecular weight is 369 g/mol. The van der Waals surface area contributed by atoms with Gasteiger partial charge in [-0.05, 0) is 25.0 Å². The van der Waals surface area contributed by atoms with Crippen LogP contribution in [0.15, 0.2) is 47.9 Å². The Balaban J connectivity index is 1.44. The van der Waals surface area contributed by atoms with Gasteiger partial charge in [-0.1, -0.05) is 30.0 Å². The molecule has 1 fully saturated rings. The number of ether oxygens (including phenoxy) is 1. The minimum atomic E-state index is -0.0206. The highest BCUT2D eigenvalue weighted by molar-refractivity contribution is 8.00. The number of aromatic nitrogens is 4. The molecule has 0 saturated carbocycles. The van der Waals surface area contributed by atoms with Gasteiger partial charge >= 0.3 is 0 Å². The zero-order valence-electron chi connectivity index (χ0n) is 14.2. The molecule has 1 aliphatic rings. The van der Waals surface area contributed by atoms with E-state index in [1.807, 2.05) is 30.3 Å². The molecule has 3 heterocycles. The standard InChI is InChI=1S/C18H19N5O2S/c24-16(19-9-14-7-4-8-25-14)11-26-18-15-10-22-23(17(15)20-12-21-18)13-5-2-1-3-6-13/h1-3,5-6,10,12,14H,4,7-9,11H2,(H,19,24)/t14-/m1/s1. The van der Waals surface area contributed by atoms with E-state index in [9.17, 15) is 4.79 Å². The summed E-state index contributed by atoms with van der Waals surface area (Å²) in [6, 6.07) is 9.82. The third kappa shape index (κ3) is 3.71. The Morgan fingerprint density at radius 2 is 2.19 bits per heavy atom. The number of hydrogen-bond acceptors (Lipinski definition) is 6. The first-order valence-electron chi connectivity index (χ1n) is 8.56. The number of nitrogens with zero attached hydrogens (tertiary/aromatic N) is 4. The Bertz CT molecular complexity index is 893. The van der Waals surface area contributed by atoms with Gasteiger partial charge in [0.05, 0.1) is 29.1 Å². The topological polar surface area (TPSA) is 81.9 Å². The SMILES string of the molecule is O=C(CSc1ncnc2c1cnn2-c1ccccc1)NC[C@H]1CCCO1. The summed E-state index contributed by atoms with van der Waals surface area (Å²) in [7, 11) is 0. The molecule has 1 aromatic carbocycles. The molecule has 0 bridgehead atoms. The Labute approximate surface area is 155 Å². The maximum Gasteiger partial charge on any atom is 0.230 e. The van der Waals surface area contributed by atoms with E-state index in [4.69, 9.17) is 4.74 Å². The van der Waals surface area contributed by atoms with Crippen molar-refractivity contribution in [3.63, 3.8) is 0 Å². The summed E-state index contributed by atoms with van der Waals surface area (Å²) < 4.78 is 7.29. The summed E-state index contributed by atoms with van der Waals surface area (Å²) in [5.41, 5.74) is 1.67. The van der Waals surface area contributed by atoms with E-state index in [0.29, 0.717) is 12.3 Å². The van der Waals surface area contributed by atoms with Crippen LogP contribution in [0.2, 0.25) is 0 Å². The first-order valence-corrected chi connectivity index (χ1v) is 9.55. The molecular formula is C18H19N5O2S. The number of para-hydroxylation sites is 1. The Hall–Kier alpha value is -2.45. The van der Waals surface area contributed by atoms with Gasteiger partial charge < -0.3 is 10.1 Å². The van der Waals surface area contributed by atoms with E-state index >= 15 is 0 Å². The van der Waals surface area contributed by atoms with Gasteiger partial charge in [-0.2, -0.15) is 5.10 Å². The molecule has 1 N–H and O–H groups in total. The van der Waals surface area contributed by atoms with Crippen LogP contribution in [-0.4, -0.2) is 50.7 Å². The van der Waals surface area contributed by atoms with Crippen molar-refractivity contribution in [2.45, 2.75) is 24.0 Å². The van der Waals surface area contributed by atoms with Gasteiger partial charge in [-0.15, -0.1) is 0 Å². The van der Waals surface area contributed by atoms with Crippen LogP contribution >= 0.6 is 11.8 Å². The monoisotopic (exact) mass is 369 g/mol. The second-order valence-corrected chi connectivity index (χ2v) is 7.00. The molecule has 3 aromatic rings. The fourth-order valence-corrected chi connectivity index (χ4v) is 3.70. The molecule has 1 saturated heterocycles. The van der Waals surface area contributed by atoms with Crippen LogP contribution in [0.4, 0.5) is 0 Å².